The molecule has 2 spiro atoms. The lowest BCUT2D eigenvalue weighted by Gasteiger charge is -2.58. The molecule has 0 amide bonds. The summed E-state index contributed by atoms with van der Waals surface area (Å²) in [6.07, 6.45) is 21.8. The number of nitrogens with zero attached hydrogens (tertiary/aromatic N) is 12. The fraction of sp³-hybridized carbons (Fsp3) is 0.889. The molecule has 0 unspecified atom stereocenters. The molecule has 14 heterocycles. The zero-order chi connectivity index (χ0) is 76.8. The fourth-order valence-electron chi connectivity index (χ4n) is 20.5. The van der Waals surface area contributed by atoms with Crippen LogP contribution in [0, 0.1) is 22.2 Å². The number of likely N-dealkylation sites (N-methyl/N-ethyl adjacent to an activating group) is 1. The van der Waals surface area contributed by atoms with Crippen LogP contribution in [0.25, 0.3) is 0 Å². The number of hydrogen-bond donors (Lipinski definition) is 1. The minimum Gasteiger partial charge on any atom is -0.365 e. The molecule has 8 fully saturated rings. The van der Waals surface area contributed by atoms with E-state index in [-0.39, 0.29) is 0 Å². The monoisotopic (exact) mass is 1440 g/mol. The minimum absolute atomic E-state index is 0.543. The van der Waals surface area contributed by atoms with Gasteiger partial charge >= 0.3 is 0 Å². The third-order valence-corrected chi connectivity index (χ3v) is 30.8. The molecule has 2 bridgehead atoms. The van der Waals surface area contributed by atoms with Crippen LogP contribution in [-0.2, 0) is 13.0 Å². The third-order valence-electron chi connectivity index (χ3n) is 30.8. The topological polar surface area (TPSA) is 37.7 Å². The van der Waals surface area contributed by atoms with Crippen LogP contribution in [0.5, 0.6) is 0 Å². The number of pyridine rings is 1. The third kappa shape index (κ3) is 20.5. The Bertz CT molecular complexity index is 2800. The van der Waals surface area contributed by atoms with Gasteiger partial charge in [-0.1, -0.05) is 27.7 Å². The smallest absolute Gasteiger partial charge is 0.206 e. The molecule has 14 rings (SSSR count). The van der Waals surface area contributed by atoms with Gasteiger partial charge in [0.2, 0.25) is 11.9 Å². The highest BCUT2D eigenvalue weighted by atomic mass is 15.5. The molecule has 103 heavy (non-hydrogen) atoms. The molecule has 12 aliphatic rings. The van der Waals surface area contributed by atoms with E-state index >= 15 is 0 Å². The van der Waals surface area contributed by atoms with E-state index < -0.39 is 0 Å². The van der Waals surface area contributed by atoms with Crippen molar-refractivity contribution in [3.8, 4) is 0 Å². The molecule has 0 aliphatic carbocycles. The van der Waals surface area contributed by atoms with Crippen LogP contribution in [0.3, 0.4) is 0 Å². The number of anilines is 2. The zero-order valence-electron chi connectivity index (χ0n) is 74.4. The van der Waals surface area contributed by atoms with E-state index in [2.05, 4.69) is 278 Å². The maximum absolute atomic E-state index is 3.47. The Morgan fingerprint density at radius 2 is 0.913 bits per heavy atom. The van der Waals surface area contributed by atoms with E-state index in [1.54, 1.807) is 11.1 Å². The first-order valence-electron chi connectivity index (χ1n) is 43.8. The lowest BCUT2D eigenvalue weighted by atomic mass is 9.64. The number of hydrogen-bond acceptors (Lipinski definition) is 5. The van der Waals surface area contributed by atoms with Crippen LogP contribution >= 0.6 is 0 Å². The van der Waals surface area contributed by atoms with E-state index in [0.717, 1.165) is 72.8 Å². The molecule has 13 nitrogen and oxygen atoms in total. The van der Waals surface area contributed by atoms with E-state index in [1.807, 2.05) is 0 Å². The summed E-state index contributed by atoms with van der Waals surface area (Å²) in [5, 5.41) is 3.47. The van der Waals surface area contributed by atoms with Gasteiger partial charge in [-0.15, -0.1) is 9.36 Å². The van der Waals surface area contributed by atoms with Crippen LogP contribution in [-0.4, -0.2) is 248 Å². The van der Waals surface area contributed by atoms with Crippen molar-refractivity contribution in [1.82, 2.24) is 19.4 Å². The number of likely N-dealkylation sites (tertiary alicyclic amines) is 5. The van der Waals surface area contributed by atoms with Crippen molar-refractivity contribution >= 4 is 11.5 Å². The predicted octanol–water partition coefficient (Wildman–Crippen LogP) is 17.0. The number of fused-ring (bicyclic) bond motifs is 5. The summed E-state index contributed by atoms with van der Waals surface area (Å²) in [4.78, 5) is 10.4. The van der Waals surface area contributed by atoms with Crippen LogP contribution in [0.2, 0.25) is 0 Å². The SMILES string of the molecule is CC(C)C12CC[N+](C(C)C)(CC1)CC2.CC(C)N1CC2(CC[N+](C)(C(C)C)CC2)C1.CC(C)N1CC2=C(C1)C[N+](C)(C(C)C)C2.CC(C)N1CCC2(CC1)CC[N+](C)(C(C)C)CC2.CC(C)N1CCc2c1ccc[n+]2C(C)C.CC(C)[N+]1(C(C)C)CCCC1.CC(C)c1c[n+](C(C)C)n2c1NCC2. The Kier molecular flexibility index (Phi) is 30.6. The Morgan fingerprint density at radius 1 is 0.447 bits per heavy atom. The molecule has 0 aromatic carbocycles. The van der Waals surface area contributed by atoms with Crippen molar-refractivity contribution in [1.29, 1.82) is 0 Å². The molecular weight excluding hydrogens is 1260 g/mol. The summed E-state index contributed by atoms with van der Waals surface area (Å²) in [5.41, 5.74) is 9.99. The van der Waals surface area contributed by atoms with Gasteiger partial charge in [-0.25, -0.2) is 0 Å². The molecule has 0 atom stereocenters. The van der Waals surface area contributed by atoms with Crippen LogP contribution in [0.1, 0.15) is 294 Å². The number of rotatable bonds is 14. The molecule has 13 heteroatoms. The quantitative estimate of drug-likeness (QED) is 0.116. The average molecular weight is 1440 g/mol. The maximum atomic E-state index is 3.47. The van der Waals surface area contributed by atoms with Gasteiger partial charge in [0, 0.05) is 144 Å². The highest BCUT2D eigenvalue weighted by molar-refractivity contribution is 5.53. The van der Waals surface area contributed by atoms with Crippen LogP contribution in [0.15, 0.2) is 35.7 Å². The molecule has 12 aliphatic heterocycles. The zero-order valence-corrected chi connectivity index (χ0v) is 74.4. The molecule has 594 valence electrons. The second-order valence-corrected chi connectivity index (χ2v) is 40.9. The Hall–Kier alpha value is -2.62. The van der Waals surface area contributed by atoms with Gasteiger partial charge < -0.3 is 37.5 Å². The van der Waals surface area contributed by atoms with Crippen molar-refractivity contribution in [3.05, 3.63) is 46.9 Å². The number of piperidine rings is 6. The predicted molar refractivity (Wildman–Crippen MR) is 444 cm³/mol. The van der Waals surface area contributed by atoms with Gasteiger partial charge in [0.25, 0.3) is 0 Å². The maximum Gasteiger partial charge on any atom is 0.206 e. The van der Waals surface area contributed by atoms with Gasteiger partial charge in [0.05, 0.1) is 135 Å². The highest BCUT2D eigenvalue weighted by Gasteiger charge is 2.53. The van der Waals surface area contributed by atoms with Gasteiger partial charge in [0.15, 0.2) is 24.1 Å². The van der Waals surface area contributed by atoms with E-state index in [4.69, 9.17) is 0 Å². The van der Waals surface area contributed by atoms with Gasteiger partial charge in [0.1, 0.15) is 18.8 Å². The summed E-state index contributed by atoms with van der Waals surface area (Å²) >= 11 is 0. The summed E-state index contributed by atoms with van der Waals surface area (Å²) in [6.45, 7) is 91.9. The van der Waals surface area contributed by atoms with Crippen molar-refractivity contribution in [2.45, 2.75) is 356 Å². The number of nitrogens with one attached hydrogen (secondary N) is 1. The molecule has 2 aromatic rings. The van der Waals surface area contributed by atoms with Gasteiger partial charge in [-0.2, -0.15) is 4.57 Å². The van der Waals surface area contributed by atoms with Crippen LogP contribution in [0.4, 0.5) is 11.5 Å². The number of quaternary nitrogens is 5. The molecule has 2 aromatic heterocycles. The number of aromatic nitrogens is 3. The minimum atomic E-state index is 0.543. The first-order chi connectivity index (χ1) is 48.0. The summed E-state index contributed by atoms with van der Waals surface area (Å²) in [6, 6.07) is 13.1. The van der Waals surface area contributed by atoms with Gasteiger partial charge in [-0.3, -0.25) is 9.80 Å². The molecular formula is C90H176N13+7. The lowest BCUT2D eigenvalue weighted by Crippen LogP contribution is -2.66. The Labute approximate surface area is 639 Å². The first-order valence-corrected chi connectivity index (χ1v) is 43.8. The standard InChI is InChI=1S/C16H33N2.C14H29N2.C13H25N2.C13H21N2.C13H26N.C11H19N3.C10H22N/c1-14(2)17-10-6-16(7-11-17)8-12-18(5,13-9-16)15(3)4;1-12(2)15-10-14(11-15)6-8-16(5,9-7-14)13(3)4;1-10(2)14-6-12-8-15(5,11(3)4)9-13(12)7-14;1-10(2)14-8-5-6-12-13(14)7-9-15(12)11(3)4;1-11(2)13-5-8-14(9-6-13,10-7-13)12(3)4;1-8(2)10-7-14(9(3)4)13-6-5-12-11(10)13;1-9(2)11(10(3)4)7-5-6-8-11/h14-15H,6-13H2,1-5H3;12-13H,6-11H2,1-5H3;10-11H,6-9H2,1-5H3;5-6,8,10-11H,7,9H2,1-4H3;11-12H,5-10H2,1-4H3;7-9H,5-6H2,1-4H3;9-10H,5-8H2,1-4H3/q5*+1;;+1/p+1. The Morgan fingerprint density at radius 3 is 1.29 bits per heavy atom. The van der Waals surface area contributed by atoms with Crippen molar-refractivity contribution in [3.63, 3.8) is 0 Å². The second-order valence-electron chi connectivity index (χ2n) is 40.9. The van der Waals surface area contributed by atoms with Crippen LogP contribution < -0.4 is 19.5 Å². The molecule has 8 saturated heterocycles. The molecule has 1 N–H and O–H groups in total. The van der Waals surface area contributed by atoms with Crippen molar-refractivity contribution < 1.29 is 31.7 Å². The summed E-state index contributed by atoms with van der Waals surface area (Å²) in [5.74, 6) is 2.83. The van der Waals surface area contributed by atoms with E-state index in [1.165, 1.54) is 240 Å². The van der Waals surface area contributed by atoms with Crippen molar-refractivity contribution in [2.24, 2.45) is 22.2 Å². The molecule has 0 saturated carbocycles. The van der Waals surface area contributed by atoms with Crippen molar-refractivity contribution in [2.75, 3.05) is 156 Å². The normalized spacial score (nSPS) is 25.7. The first kappa shape index (κ1) is 87.6. The van der Waals surface area contributed by atoms with Gasteiger partial charge in [-0.05, 0) is 221 Å². The highest BCUT2D eigenvalue weighted by Crippen LogP contribution is 2.50. The van der Waals surface area contributed by atoms with E-state index in [0.29, 0.717) is 40.9 Å². The second kappa shape index (κ2) is 36.0. The largest absolute Gasteiger partial charge is 0.365 e. The average Bonchev–Trinajstić information content (AvgIpc) is 1.76. The molecule has 0 radical (unpaired) electrons. The summed E-state index contributed by atoms with van der Waals surface area (Å²) in [7, 11) is 7.31. The summed E-state index contributed by atoms with van der Waals surface area (Å²) < 4.78 is 13.7. The lowest BCUT2D eigenvalue weighted by molar-refractivity contribution is -0.964. The Balaban J connectivity index is 0.000000169. The fourth-order valence-corrected chi connectivity index (χ4v) is 20.5. The van der Waals surface area contributed by atoms with E-state index in [9.17, 15) is 0 Å².